The summed E-state index contributed by atoms with van der Waals surface area (Å²) < 4.78 is 0. The molecule has 0 saturated heterocycles. The standard InChI is InChI=1S/C18H31NO3/c1-2-3-4-5-9-12-15-18(19(21)22)16-13-10-7-6-8-11-14-17-20/h9,12,16-17H,2-8,10-11,13-15H2,1H3/b12-9+,18-16+. The Kier molecular flexibility index (Phi) is 14.9. The highest BCUT2D eigenvalue weighted by Gasteiger charge is 2.06. The van der Waals surface area contributed by atoms with Gasteiger partial charge >= 0.3 is 0 Å². The van der Waals surface area contributed by atoms with E-state index in [1.807, 2.05) is 6.08 Å². The van der Waals surface area contributed by atoms with Crippen molar-refractivity contribution in [3.05, 3.63) is 34.0 Å². The number of nitro groups is 1. The third kappa shape index (κ3) is 13.5. The number of carbonyl (C=O) groups excluding carboxylic acids is 1. The predicted molar refractivity (Wildman–Crippen MR) is 91.4 cm³/mol. The van der Waals surface area contributed by atoms with Gasteiger partial charge in [0.25, 0.3) is 0 Å². The van der Waals surface area contributed by atoms with Crippen LogP contribution >= 0.6 is 0 Å². The summed E-state index contributed by atoms with van der Waals surface area (Å²) in [5.74, 6) is 0. The SMILES string of the molecule is CCCCC/C=C/C/C(=C\CCCCCCCC=O)[N+](=O)[O-]. The Balaban J connectivity index is 3.82. The minimum atomic E-state index is -0.263. The zero-order chi connectivity index (χ0) is 16.5. The van der Waals surface area contributed by atoms with Gasteiger partial charge < -0.3 is 4.79 Å². The summed E-state index contributed by atoms with van der Waals surface area (Å²) in [5.41, 5.74) is 0.313. The number of hydrogen-bond donors (Lipinski definition) is 0. The topological polar surface area (TPSA) is 60.2 Å². The van der Waals surface area contributed by atoms with Crippen LogP contribution in [-0.4, -0.2) is 11.2 Å². The minimum absolute atomic E-state index is 0.263. The molecule has 0 radical (unpaired) electrons. The van der Waals surface area contributed by atoms with Crippen molar-refractivity contribution in [2.75, 3.05) is 0 Å². The van der Waals surface area contributed by atoms with E-state index in [-0.39, 0.29) is 4.92 Å². The molecule has 0 atom stereocenters. The lowest BCUT2D eigenvalue weighted by molar-refractivity contribution is -0.427. The molecule has 22 heavy (non-hydrogen) atoms. The van der Waals surface area contributed by atoms with E-state index in [1.54, 1.807) is 6.08 Å². The van der Waals surface area contributed by atoms with Gasteiger partial charge in [0.05, 0.1) is 11.3 Å². The third-order valence-corrected chi connectivity index (χ3v) is 3.61. The van der Waals surface area contributed by atoms with Crippen LogP contribution in [0.2, 0.25) is 0 Å². The van der Waals surface area contributed by atoms with Crippen molar-refractivity contribution in [1.29, 1.82) is 0 Å². The molecule has 0 aromatic carbocycles. The monoisotopic (exact) mass is 309 g/mol. The van der Waals surface area contributed by atoms with Gasteiger partial charge in [-0.2, -0.15) is 0 Å². The van der Waals surface area contributed by atoms with Crippen LogP contribution in [-0.2, 0) is 4.79 Å². The van der Waals surface area contributed by atoms with Crippen molar-refractivity contribution >= 4 is 6.29 Å². The second-order valence-electron chi connectivity index (χ2n) is 5.64. The molecule has 4 heteroatoms. The average molecular weight is 309 g/mol. The fourth-order valence-corrected chi connectivity index (χ4v) is 2.24. The van der Waals surface area contributed by atoms with Crippen LogP contribution in [0.4, 0.5) is 0 Å². The summed E-state index contributed by atoms with van der Waals surface area (Å²) in [6.45, 7) is 2.17. The van der Waals surface area contributed by atoms with Gasteiger partial charge in [-0.1, -0.05) is 51.2 Å². The maximum atomic E-state index is 11.0. The van der Waals surface area contributed by atoms with Crippen LogP contribution in [0.5, 0.6) is 0 Å². The van der Waals surface area contributed by atoms with Crippen molar-refractivity contribution in [2.45, 2.75) is 84.0 Å². The molecule has 0 N–H and O–H groups in total. The van der Waals surface area contributed by atoms with E-state index in [4.69, 9.17) is 0 Å². The number of carbonyl (C=O) groups is 1. The molecule has 0 fully saturated rings. The molecule has 0 unspecified atom stereocenters. The van der Waals surface area contributed by atoms with Crippen molar-refractivity contribution in [3.8, 4) is 0 Å². The average Bonchev–Trinajstić information content (AvgIpc) is 2.50. The Morgan fingerprint density at radius 2 is 1.55 bits per heavy atom. The Bertz CT molecular complexity index is 348. The fraction of sp³-hybridized carbons (Fsp3) is 0.722. The summed E-state index contributed by atoms with van der Waals surface area (Å²) in [5, 5.41) is 11.0. The lowest BCUT2D eigenvalue weighted by Crippen LogP contribution is -1.97. The van der Waals surface area contributed by atoms with Gasteiger partial charge in [-0.15, -0.1) is 0 Å². The van der Waals surface area contributed by atoms with Gasteiger partial charge in [-0.3, -0.25) is 10.1 Å². The highest BCUT2D eigenvalue weighted by Crippen LogP contribution is 2.11. The largest absolute Gasteiger partial charge is 0.303 e. The highest BCUT2D eigenvalue weighted by molar-refractivity contribution is 5.48. The van der Waals surface area contributed by atoms with Crippen LogP contribution in [0.1, 0.15) is 84.0 Å². The second-order valence-corrected chi connectivity index (χ2v) is 5.64. The van der Waals surface area contributed by atoms with Crippen molar-refractivity contribution in [3.63, 3.8) is 0 Å². The van der Waals surface area contributed by atoms with Crippen LogP contribution in [0.25, 0.3) is 0 Å². The highest BCUT2D eigenvalue weighted by atomic mass is 16.6. The first kappa shape index (κ1) is 20.6. The Labute approximate surface area is 134 Å². The molecule has 0 aromatic heterocycles. The number of hydrogen-bond acceptors (Lipinski definition) is 3. The first-order valence-corrected chi connectivity index (χ1v) is 8.64. The zero-order valence-corrected chi connectivity index (χ0v) is 14.0. The molecule has 0 heterocycles. The second kappa shape index (κ2) is 15.9. The molecule has 0 aliphatic heterocycles. The molecule has 0 rings (SSSR count). The van der Waals surface area contributed by atoms with E-state index < -0.39 is 0 Å². The third-order valence-electron chi connectivity index (χ3n) is 3.61. The molecule has 4 nitrogen and oxygen atoms in total. The number of nitrogens with zero attached hydrogens (tertiary/aromatic N) is 1. The normalized spacial score (nSPS) is 12.0. The molecular formula is C18H31NO3. The summed E-state index contributed by atoms with van der Waals surface area (Å²) in [6, 6.07) is 0. The van der Waals surface area contributed by atoms with Gasteiger partial charge in [-0.05, 0) is 38.2 Å². The quantitative estimate of drug-likeness (QED) is 0.130. The molecular weight excluding hydrogens is 278 g/mol. The lowest BCUT2D eigenvalue weighted by Gasteiger charge is -1.98. The van der Waals surface area contributed by atoms with Gasteiger partial charge in [-0.25, -0.2) is 0 Å². The molecule has 126 valence electrons. The van der Waals surface area contributed by atoms with Crippen LogP contribution < -0.4 is 0 Å². The van der Waals surface area contributed by atoms with E-state index in [9.17, 15) is 14.9 Å². The van der Waals surface area contributed by atoms with E-state index in [1.165, 1.54) is 12.8 Å². The van der Waals surface area contributed by atoms with Crippen molar-refractivity contribution in [1.82, 2.24) is 0 Å². The predicted octanol–water partition coefficient (Wildman–Crippen LogP) is 5.60. The minimum Gasteiger partial charge on any atom is -0.303 e. The Hall–Kier alpha value is -1.45. The molecule has 0 spiro atoms. The summed E-state index contributed by atoms with van der Waals surface area (Å²) in [4.78, 5) is 20.9. The molecule has 0 bridgehead atoms. The van der Waals surface area contributed by atoms with E-state index in [0.717, 1.165) is 57.7 Å². The Morgan fingerprint density at radius 3 is 2.18 bits per heavy atom. The first-order valence-electron chi connectivity index (χ1n) is 8.64. The molecule has 0 aliphatic rings. The number of unbranched alkanes of at least 4 members (excludes halogenated alkanes) is 9. The van der Waals surface area contributed by atoms with E-state index in [2.05, 4.69) is 13.0 Å². The zero-order valence-electron chi connectivity index (χ0n) is 14.0. The molecule has 0 aliphatic carbocycles. The number of allylic oxidation sites excluding steroid dienone is 3. The number of aldehydes is 1. The van der Waals surface area contributed by atoms with E-state index in [0.29, 0.717) is 18.5 Å². The smallest absolute Gasteiger partial charge is 0.246 e. The van der Waals surface area contributed by atoms with Crippen molar-refractivity contribution < 1.29 is 9.72 Å². The van der Waals surface area contributed by atoms with Crippen LogP contribution in [0, 0.1) is 10.1 Å². The summed E-state index contributed by atoms with van der Waals surface area (Å²) in [7, 11) is 0. The van der Waals surface area contributed by atoms with Crippen LogP contribution in [0.15, 0.2) is 23.9 Å². The van der Waals surface area contributed by atoms with Gasteiger partial charge in [0.1, 0.15) is 6.29 Å². The molecule has 0 aromatic rings. The molecule has 0 saturated carbocycles. The Morgan fingerprint density at radius 1 is 0.909 bits per heavy atom. The van der Waals surface area contributed by atoms with Crippen LogP contribution in [0.3, 0.4) is 0 Å². The van der Waals surface area contributed by atoms with Gasteiger partial charge in [0.2, 0.25) is 5.70 Å². The molecule has 0 amide bonds. The first-order chi connectivity index (χ1) is 10.7. The van der Waals surface area contributed by atoms with Crippen molar-refractivity contribution in [2.24, 2.45) is 0 Å². The maximum absolute atomic E-state index is 11.0. The summed E-state index contributed by atoms with van der Waals surface area (Å²) in [6.07, 6.45) is 18.3. The van der Waals surface area contributed by atoms with Gasteiger partial charge in [0.15, 0.2) is 0 Å². The maximum Gasteiger partial charge on any atom is 0.246 e. The lowest BCUT2D eigenvalue weighted by atomic mass is 10.1. The number of rotatable bonds is 15. The van der Waals surface area contributed by atoms with E-state index >= 15 is 0 Å². The fourth-order valence-electron chi connectivity index (χ4n) is 2.24. The summed E-state index contributed by atoms with van der Waals surface area (Å²) >= 11 is 0. The van der Waals surface area contributed by atoms with Gasteiger partial charge in [0, 0.05) is 6.42 Å².